The quantitative estimate of drug-likeness (QED) is 0.623. The molecule has 1 fully saturated rings. The summed E-state index contributed by atoms with van der Waals surface area (Å²) in [6, 6.07) is 6.58. The summed E-state index contributed by atoms with van der Waals surface area (Å²) in [5.41, 5.74) is 6.73. The summed E-state index contributed by atoms with van der Waals surface area (Å²) in [5.74, 6) is 5.69. The van der Waals surface area contributed by atoms with Crippen molar-refractivity contribution in [3.05, 3.63) is 34.9 Å². The fourth-order valence-corrected chi connectivity index (χ4v) is 2.45. The maximum Gasteiger partial charge on any atom is 0.0787 e. The summed E-state index contributed by atoms with van der Waals surface area (Å²) in [4.78, 5) is 0. The molecule has 2 rings (SSSR count). The van der Waals surface area contributed by atoms with Crippen LogP contribution in [0.4, 0.5) is 0 Å². The van der Waals surface area contributed by atoms with Gasteiger partial charge in [0.2, 0.25) is 0 Å². The van der Waals surface area contributed by atoms with Gasteiger partial charge in [0.1, 0.15) is 0 Å². The maximum absolute atomic E-state index is 5.90. The van der Waals surface area contributed by atoms with Crippen molar-refractivity contribution < 1.29 is 4.74 Å². The summed E-state index contributed by atoms with van der Waals surface area (Å²) in [7, 11) is 0. The van der Waals surface area contributed by atoms with Crippen molar-refractivity contribution in [3.63, 3.8) is 0 Å². The van der Waals surface area contributed by atoms with Crippen LogP contribution in [0.1, 0.15) is 42.5 Å². The highest BCUT2D eigenvalue weighted by atomic mass is 16.5. The Hall–Kier alpha value is -0.900. The van der Waals surface area contributed by atoms with E-state index in [1.54, 1.807) is 0 Å². The van der Waals surface area contributed by atoms with Gasteiger partial charge in [-0.25, -0.2) is 0 Å². The average molecular weight is 234 g/mol. The predicted octanol–water partition coefficient (Wildman–Crippen LogP) is 2.38. The van der Waals surface area contributed by atoms with Gasteiger partial charge in [-0.2, -0.15) is 0 Å². The number of nitrogens with two attached hydrogens (primary N) is 1. The van der Waals surface area contributed by atoms with Gasteiger partial charge >= 0.3 is 0 Å². The lowest BCUT2D eigenvalue weighted by molar-refractivity contribution is 0.0316. The Labute approximate surface area is 103 Å². The molecule has 3 heteroatoms. The highest BCUT2D eigenvalue weighted by molar-refractivity contribution is 5.32. The zero-order chi connectivity index (χ0) is 12.4. The van der Waals surface area contributed by atoms with Crippen molar-refractivity contribution in [3.8, 4) is 0 Å². The molecule has 1 aliphatic rings. The van der Waals surface area contributed by atoms with Crippen LogP contribution in [-0.4, -0.2) is 12.2 Å². The summed E-state index contributed by atoms with van der Waals surface area (Å²) in [6.07, 6.45) is 2.73. The monoisotopic (exact) mass is 234 g/mol. The Morgan fingerprint density at radius 2 is 2.06 bits per heavy atom. The molecule has 0 aliphatic carbocycles. The minimum absolute atomic E-state index is 0.0965. The Kier molecular flexibility index (Phi) is 3.82. The van der Waals surface area contributed by atoms with Gasteiger partial charge < -0.3 is 4.74 Å². The smallest absolute Gasteiger partial charge is 0.0787 e. The molecule has 0 aromatic heterocycles. The number of aryl methyl sites for hydroxylation is 2. The number of rotatable bonds is 3. The third-order valence-corrected chi connectivity index (χ3v) is 3.71. The largest absolute Gasteiger partial charge is 0.373 e. The van der Waals surface area contributed by atoms with Crippen LogP contribution in [0, 0.1) is 13.8 Å². The molecule has 1 aromatic carbocycles. The molecule has 0 saturated carbocycles. The highest BCUT2D eigenvalue weighted by Gasteiger charge is 2.30. The van der Waals surface area contributed by atoms with Crippen molar-refractivity contribution >= 4 is 0 Å². The van der Waals surface area contributed by atoms with Crippen molar-refractivity contribution in [1.29, 1.82) is 0 Å². The number of hydrogen-bond acceptors (Lipinski definition) is 3. The Morgan fingerprint density at radius 3 is 2.59 bits per heavy atom. The molecule has 0 bridgehead atoms. The highest BCUT2D eigenvalue weighted by Crippen LogP contribution is 2.30. The number of hydrazine groups is 1. The van der Waals surface area contributed by atoms with Gasteiger partial charge in [0.25, 0.3) is 0 Å². The SMILES string of the molecule is Cc1ccc(C(NN)C2CCC(C)O2)cc1C. The van der Waals surface area contributed by atoms with E-state index in [1.807, 2.05) is 0 Å². The number of benzene rings is 1. The van der Waals surface area contributed by atoms with Crippen molar-refractivity contribution in [2.45, 2.75) is 51.9 Å². The second kappa shape index (κ2) is 5.17. The molecule has 3 nitrogen and oxygen atoms in total. The van der Waals surface area contributed by atoms with Crippen molar-refractivity contribution in [1.82, 2.24) is 5.43 Å². The number of hydrogen-bond donors (Lipinski definition) is 2. The minimum atomic E-state index is 0.0965. The van der Waals surface area contributed by atoms with E-state index in [1.165, 1.54) is 16.7 Å². The first-order chi connectivity index (χ1) is 8.11. The fourth-order valence-electron chi connectivity index (χ4n) is 2.45. The van der Waals surface area contributed by atoms with E-state index in [-0.39, 0.29) is 12.1 Å². The minimum Gasteiger partial charge on any atom is -0.373 e. The molecule has 94 valence electrons. The van der Waals surface area contributed by atoms with Crippen LogP contribution in [0.25, 0.3) is 0 Å². The normalized spacial score (nSPS) is 26.1. The first-order valence-corrected chi connectivity index (χ1v) is 6.30. The Balaban J connectivity index is 2.20. The average Bonchev–Trinajstić information content (AvgIpc) is 2.71. The van der Waals surface area contributed by atoms with Crippen LogP contribution in [0.5, 0.6) is 0 Å². The standard InChI is InChI=1S/C14H22N2O/c1-9-4-6-12(8-10(9)2)14(16-15)13-7-5-11(3)17-13/h4,6,8,11,13-14,16H,5,7,15H2,1-3H3. The third-order valence-electron chi connectivity index (χ3n) is 3.71. The molecule has 3 unspecified atom stereocenters. The zero-order valence-electron chi connectivity index (χ0n) is 10.9. The number of ether oxygens (including phenoxy) is 1. The van der Waals surface area contributed by atoms with Crippen LogP contribution in [0.2, 0.25) is 0 Å². The second-order valence-electron chi connectivity index (χ2n) is 5.05. The molecule has 1 aliphatic heterocycles. The lowest BCUT2D eigenvalue weighted by Crippen LogP contribution is -2.36. The van der Waals surface area contributed by atoms with Crippen molar-refractivity contribution in [2.24, 2.45) is 5.84 Å². The van der Waals surface area contributed by atoms with E-state index < -0.39 is 0 Å². The maximum atomic E-state index is 5.90. The lowest BCUT2D eigenvalue weighted by Gasteiger charge is -2.24. The van der Waals surface area contributed by atoms with Gasteiger partial charge in [-0.3, -0.25) is 11.3 Å². The molecule has 0 spiro atoms. The summed E-state index contributed by atoms with van der Waals surface area (Å²) >= 11 is 0. The van der Waals surface area contributed by atoms with Crippen LogP contribution >= 0.6 is 0 Å². The molecule has 1 heterocycles. The van der Waals surface area contributed by atoms with E-state index in [9.17, 15) is 0 Å². The van der Waals surface area contributed by atoms with Crippen LogP contribution < -0.4 is 11.3 Å². The number of nitrogens with one attached hydrogen (secondary N) is 1. The summed E-state index contributed by atoms with van der Waals surface area (Å²) < 4.78 is 5.90. The van der Waals surface area contributed by atoms with Crippen LogP contribution in [0.3, 0.4) is 0 Å². The van der Waals surface area contributed by atoms with Crippen molar-refractivity contribution in [2.75, 3.05) is 0 Å². The Morgan fingerprint density at radius 1 is 1.29 bits per heavy atom. The summed E-state index contributed by atoms with van der Waals surface area (Å²) in [6.45, 7) is 6.37. The van der Waals surface area contributed by atoms with Gasteiger partial charge in [0, 0.05) is 0 Å². The van der Waals surface area contributed by atoms with Crippen LogP contribution in [0.15, 0.2) is 18.2 Å². The molecule has 0 amide bonds. The second-order valence-corrected chi connectivity index (χ2v) is 5.05. The van der Waals surface area contributed by atoms with E-state index >= 15 is 0 Å². The van der Waals surface area contributed by atoms with Gasteiger partial charge in [-0.1, -0.05) is 18.2 Å². The molecular formula is C14H22N2O. The first-order valence-electron chi connectivity index (χ1n) is 6.30. The first kappa shape index (κ1) is 12.6. The molecule has 1 saturated heterocycles. The predicted molar refractivity (Wildman–Crippen MR) is 69.5 cm³/mol. The molecule has 0 radical (unpaired) electrons. The van der Waals surface area contributed by atoms with E-state index in [4.69, 9.17) is 10.6 Å². The molecule has 3 atom stereocenters. The van der Waals surface area contributed by atoms with E-state index in [0.717, 1.165) is 12.8 Å². The molecule has 17 heavy (non-hydrogen) atoms. The Bertz CT molecular complexity index is 392. The molecule has 1 aromatic rings. The zero-order valence-corrected chi connectivity index (χ0v) is 10.9. The third kappa shape index (κ3) is 2.68. The van der Waals surface area contributed by atoms with Gasteiger partial charge in [-0.15, -0.1) is 0 Å². The van der Waals surface area contributed by atoms with E-state index in [2.05, 4.69) is 44.4 Å². The fraction of sp³-hybridized carbons (Fsp3) is 0.571. The molecule has 3 N–H and O–H groups in total. The van der Waals surface area contributed by atoms with Crippen LogP contribution in [-0.2, 0) is 4.74 Å². The van der Waals surface area contributed by atoms with Gasteiger partial charge in [-0.05, 0) is 50.3 Å². The molecular weight excluding hydrogens is 212 g/mol. The van der Waals surface area contributed by atoms with Gasteiger partial charge in [0.05, 0.1) is 18.2 Å². The topological polar surface area (TPSA) is 47.3 Å². The lowest BCUT2D eigenvalue weighted by atomic mass is 9.96. The van der Waals surface area contributed by atoms with E-state index in [0.29, 0.717) is 6.10 Å². The summed E-state index contributed by atoms with van der Waals surface area (Å²) in [5, 5.41) is 0. The van der Waals surface area contributed by atoms with Gasteiger partial charge in [0.15, 0.2) is 0 Å².